The van der Waals surface area contributed by atoms with Crippen LogP contribution in [-0.4, -0.2) is 37.6 Å². The molecular formula is C16H23ClN2O2. The topological polar surface area (TPSA) is 41.6 Å². The van der Waals surface area contributed by atoms with Gasteiger partial charge in [0.1, 0.15) is 5.75 Å². The van der Waals surface area contributed by atoms with Gasteiger partial charge in [0.15, 0.2) is 0 Å². The van der Waals surface area contributed by atoms with E-state index in [0.29, 0.717) is 23.0 Å². The fourth-order valence-corrected chi connectivity index (χ4v) is 2.70. The molecule has 0 radical (unpaired) electrons. The molecule has 1 aromatic rings. The summed E-state index contributed by atoms with van der Waals surface area (Å²) in [6.45, 7) is 6.58. The van der Waals surface area contributed by atoms with Gasteiger partial charge in [0.25, 0.3) is 0 Å². The van der Waals surface area contributed by atoms with Crippen molar-refractivity contribution in [3.8, 4) is 5.75 Å². The summed E-state index contributed by atoms with van der Waals surface area (Å²) in [7, 11) is 1.57. The van der Waals surface area contributed by atoms with Crippen molar-refractivity contribution in [2.75, 3.05) is 32.1 Å². The number of carbonyl (C=O) groups excluding carboxylic acids is 1. The predicted octanol–water partition coefficient (Wildman–Crippen LogP) is 3.33. The minimum absolute atomic E-state index is 0.00965. The van der Waals surface area contributed by atoms with E-state index >= 15 is 0 Å². The lowest BCUT2D eigenvalue weighted by atomic mass is 9.99. The van der Waals surface area contributed by atoms with E-state index in [4.69, 9.17) is 16.3 Å². The van der Waals surface area contributed by atoms with Crippen molar-refractivity contribution < 1.29 is 9.53 Å². The first kappa shape index (κ1) is 16.1. The van der Waals surface area contributed by atoms with Crippen LogP contribution in [0.1, 0.15) is 25.3 Å². The van der Waals surface area contributed by atoms with Crippen LogP contribution in [0.4, 0.5) is 5.69 Å². The van der Waals surface area contributed by atoms with Gasteiger partial charge in [0.2, 0.25) is 5.91 Å². The normalized spacial score (nSPS) is 16.8. The van der Waals surface area contributed by atoms with E-state index in [1.54, 1.807) is 13.2 Å². The lowest BCUT2D eigenvalue weighted by molar-refractivity contribution is -0.117. The zero-order valence-electron chi connectivity index (χ0n) is 12.9. The number of benzene rings is 1. The molecule has 1 fully saturated rings. The van der Waals surface area contributed by atoms with Crippen molar-refractivity contribution in [3.05, 3.63) is 22.7 Å². The minimum atomic E-state index is -0.00965. The van der Waals surface area contributed by atoms with Crippen LogP contribution >= 0.6 is 11.6 Å². The third-order valence-electron chi connectivity index (χ3n) is 4.00. The van der Waals surface area contributed by atoms with Crippen LogP contribution in [0.25, 0.3) is 0 Å². The molecule has 1 aromatic carbocycles. The lowest BCUT2D eigenvalue weighted by Gasteiger charge is -2.29. The molecule has 0 aliphatic carbocycles. The highest BCUT2D eigenvalue weighted by Gasteiger charge is 2.18. The van der Waals surface area contributed by atoms with Crippen LogP contribution < -0.4 is 10.1 Å². The Morgan fingerprint density at radius 3 is 2.71 bits per heavy atom. The monoisotopic (exact) mass is 310 g/mol. The van der Waals surface area contributed by atoms with Gasteiger partial charge in [-0.2, -0.15) is 0 Å². The Hall–Kier alpha value is -1.26. The standard InChI is InChI=1S/C16H23ClN2O2/c1-11-4-6-19(7-5-11)10-16(20)18-14-8-12(2)13(17)9-15(14)21-3/h8-9,11H,4-7,10H2,1-3H3,(H,18,20). The van der Waals surface area contributed by atoms with Gasteiger partial charge >= 0.3 is 0 Å². The molecule has 1 N–H and O–H groups in total. The number of aryl methyl sites for hydroxylation is 1. The molecule has 21 heavy (non-hydrogen) atoms. The number of nitrogens with one attached hydrogen (secondary N) is 1. The summed E-state index contributed by atoms with van der Waals surface area (Å²) in [5.74, 6) is 1.35. The molecular weight excluding hydrogens is 288 g/mol. The fraction of sp³-hybridized carbons (Fsp3) is 0.562. The molecule has 116 valence electrons. The number of methoxy groups -OCH3 is 1. The summed E-state index contributed by atoms with van der Waals surface area (Å²) < 4.78 is 5.27. The molecule has 4 nitrogen and oxygen atoms in total. The maximum Gasteiger partial charge on any atom is 0.238 e. The smallest absolute Gasteiger partial charge is 0.238 e. The number of amides is 1. The molecule has 1 aliphatic heterocycles. The molecule has 5 heteroatoms. The average Bonchev–Trinajstić information content (AvgIpc) is 2.45. The Balaban J connectivity index is 1.98. The average molecular weight is 311 g/mol. The Labute approximate surface area is 131 Å². The number of rotatable bonds is 4. The Kier molecular flexibility index (Phi) is 5.48. The largest absolute Gasteiger partial charge is 0.495 e. The van der Waals surface area contributed by atoms with E-state index in [1.807, 2.05) is 13.0 Å². The SMILES string of the molecule is COc1cc(Cl)c(C)cc1NC(=O)CN1CCC(C)CC1. The number of nitrogens with zero attached hydrogens (tertiary/aromatic N) is 1. The van der Waals surface area contributed by atoms with Crippen LogP contribution in [0.5, 0.6) is 5.75 Å². The molecule has 0 atom stereocenters. The molecule has 0 aromatic heterocycles. The Bertz CT molecular complexity index is 511. The second kappa shape index (κ2) is 7.14. The quantitative estimate of drug-likeness (QED) is 0.927. The molecule has 1 heterocycles. The Morgan fingerprint density at radius 1 is 1.43 bits per heavy atom. The van der Waals surface area contributed by atoms with Crippen LogP contribution in [0.3, 0.4) is 0 Å². The second-order valence-electron chi connectivity index (χ2n) is 5.81. The van der Waals surface area contributed by atoms with Gasteiger partial charge in [0, 0.05) is 11.1 Å². The van der Waals surface area contributed by atoms with E-state index < -0.39 is 0 Å². The van der Waals surface area contributed by atoms with Gasteiger partial charge in [-0.15, -0.1) is 0 Å². The van der Waals surface area contributed by atoms with E-state index in [2.05, 4.69) is 17.1 Å². The summed E-state index contributed by atoms with van der Waals surface area (Å²) in [4.78, 5) is 14.4. The van der Waals surface area contributed by atoms with E-state index in [1.165, 1.54) is 0 Å². The number of halogens is 1. The Morgan fingerprint density at radius 2 is 2.10 bits per heavy atom. The maximum atomic E-state index is 12.2. The molecule has 1 saturated heterocycles. The third-order valence-corrected chi connectivity index (χ3v) is 4.41. The van der Waals surface area contributed by atoms with Crippen molar-refractivity contribution in [1.82, 2.24) is 4.90 Å². The summed E-state index contributed by atoms with van der Waals surface area (Å²) in [6, 6.07) is 3.58. The summed E-state index contributed by atoms with van der Waals surface area (Å²) >= 11 is 6.07. The van der Waals surface area contributed by atoms with Crippen molar-refractivity contribution in [1.29, 1.82) is 0 Å². The van der Waals surface area contributed by atoms with Gasteiger partial charge in [-0.05, 0) is 50.4 Å². The lowest BCUT2D eigenvalue weighted by Crippen LogP contribution is -2.38. The van der Waals surface area contributed by atoms with Crippen LogP contribution in [-0.2, 0) is 4.79 Å². The van der Waals surface area contributed by atoms with Crippen LogP contribution in [0.15, 0.2) is 12.1 Å². The molecule has 0 saturated carbocycles. The zero-order valence-corrected chi connectivity index (χ0v) is 13.7. The highest BCUT2D eigenvalue weighted by atomic mass is 35.5. The zero-order chi connectivity index (χ0) is 15.4. The van der Waals surface area contributed by atoms with Crippen molar-refractivity contribution in [3.63, 3.8) is 0 Å². The second-order valence-corrected chi connectivity index (χ2v) is 6.22. The number of likely N-dealkylation sites (tertiary alicyclic amines) is 1. The minimum Gasteiger partial charge on any atom is -0.495 e. The number of carbonyl (C=O) groups is 1. The third kappa shape index (κ3) is 4.35. The number of hydrogen-bond acceptors (Lipinski definition) is 3. The number of hydrogen-bond donors (Lipinski definition) is 1. The maximum absolute atomic E-state index is 12.2. The predicted molar refractivity (Wildman–Crippen MR) is 86.2 cm³/mol. The number of piperidine rings is 1. The van der Waals surface area contributed by atoms with Crippen molar-refractivity contribution >= 4 is 23.2 Å². The van der Waals surface area contributed by atoms with Gasteiger partial charge in [-0.3, -0.25) is 9.69 Å². The van der Waals surface area contributed by atoms with Crippen molar-refractivity contribution in [2.24, 2.45) is 5.92 Å². The van der Waals surface area contributed by atoms with Gasteiger partial charge in [0.05, 0.1) is 19.3 Å². The first-order valence-corrected chi connectivity index (χ1v) is 7.73. The molecule has 0 spiro atoms. The van der Waals surface area contributed by atoms with Crippen LogP contribution in [0.2, 0.25) is 5.02 Å². The molecule has 1 amide bonds. The van der Waals surface area contributed by atoms with E-state index in [-0.39, 0.29) is 5.91 Å². The number of anilines is 1. The molecule has 1 aliphatic rings. The highest BCUT2D eigenvalue weighted by molar-refractivity contribution is 6.31. The van der Waals surface area contributed by atoms with Gasteiger partial charge in [-0.25, -0.2) is 0 Å². The van der Waals surface area contributed by atoms with Gasteiger partial charge < -0.3 is 10.1 Å². The highest BCUT2D eigenvalue weighted by Crippen LogP contribution is 2.30. The summed E-state index contributed by atoms with van der Waals surface area (Å²) in [5, 5.41) is 3.56. The first-order valence-electron chi connectivity index (χ1n) is 7.36. The first-order chi connectivity index (χ1) is 9.99. The fourth-order valence-electron chi connectivity index (χ4n) is 2.54. The summed E-state index contributed by atoms with van der Waals surface area (Å²) in [6.07, 6.45) is 2.33. The number of ether oxygens (including phenoxy) is 1. The van der Waals surface area contributed by atoms with Crippen molar-refractivity contribution in [2.45, 2.75) is 26.7 Å². The van der Waals surface area contributed by atoms with Crippen LogP contribution in [0, 0.1) is 12.8 Å². The molecule has 0 unspecified atom stereocenters. The molecule has 2 rings (SSSR count). The summed E-state index contributed by atoms with van der Waals surface area (Å²) in [5.41, 5.74) is 1.59. The van der Waals surface area contributed by atoms with E-state index in [0.717, 1.165) is 37.4 Å². The molecule has 0 bridgehead atoms. The van der Waals surface area contributed by atoms with Gasteiger partial charge in [-0.1, -0.05) is 18.5 Å². The van der Waals surface area contributed by atoms with E-state index in [9.17, 15) is 4.79 Å².